The molecular weight excluding hydrogens is 224 g/mol. The Balaban J connectivity index is 2.45. The highest BCUT2D eigenvalue weighted by Crippen LogP contribution is 2.37. The summed E-state index contributed by atoms with van der Waals surface area (Å²) in [5.74, 6) is 2.37. The molecule has 3 N–H and O–H groups in total. The van der Waals surface area contributed by atoms with Crippen LogP contribution in [0.4, 0.5) is 0 Å². The highest BCUT2D eigenvalue weighted by molar-refractivity contribution is 5.79. The van der Waals surface area contributed by atoms with E-state index >= 15 is 0 Å². The Bertz CT molecular complexity index is 253. The molecule has 0 heterocycles. The van der Waals surface area contributed by atoms with Gasteiger partial charge in [-0.05, 0) is 50.0 Å². The summed E-state index contributed by atoms with van der Waals surface area (Å²) in [4.78, 5) is 12.3. The van der Waals surface area contributed by atoms with Gasteiger partial charge in [-0.15, -0.1) is 0 Å². The van der Waals surface area contributed by atoms with E-state index in [0.717, 1.165) is 25.8 Å². The maximum Gasteiger partial charge on any atom is 0.223 e. The normalized spacial score (nSPS) is 28.4. The smallest absolute Gasteiger partial charge is 0.223 e. The van der Waals surface area contributed by atoms with Crippen LogP contribution in [0.15, 0.2) is 0 Å². The topological polar surface area (TPSA) is 55.1 Å². The Morgan fingerprint density at radius 2 is 2.06 bits per heavy atom. The Kier molecular flexibility index (Phi) is 6.69. The molecular formula is C15H30N2O. The van der Waals surface area contributed by atoms with E-state index in [1.165, 1.54) is 12.8 Å². The maximum absolute atomic E-state index is 12.3. The van der Waals surface area contributed by atoms with Gasteiger partial charge in [0.25, 0.3) is 0 Å². The summed E-state index contributed by atoms with van der Waals surface area (Å²) in [5.41, 5.74) is 5.46. The molecule has 0 aromatic rings. The van der Waals surface area contributed by atoms with Crippen molar-refractivity contribution in [3.63, 3.8) is 0 Å². The van der Waals surface area contributed by atoms with Crippen LogP contribution in [-0.2, 0) is 4.79 Å². The molecule has 1 rings (SSSR count). The van der Waals surface area contributed by atoms with Gasteiger partial charge in [0.15, 0.2) is 0 Å². The zero-order valence-electron chi connectivity index (χ0n) is 12.2. The summed E-state index contributed by atoms with van der Waals surface area (Å²) in [7, 11) is 0. The van der Waals surface area contributed by atoms with Crippen molar-refractivity contribution in [2.45, 2.75) is 52.9 Å². The van der Waals surface area contributed by atoms with Gasteiger partial charge in [0.05, 0.1) is 0 Å². The Hall–Kier alpha value is -0.570. The van der Waals surface area contributed by atoms with Crippen LogP contribution in [-0.4, -0.2) is 19.0 Å². The van der Waals surface area contributed by atoms with E-state index in [-0.39, 0.29) is 11.8 Å². The Labute approximate surface area is 112 Å². The van der Waals surface area contributed by atoms with Crippen molar-refractivity contribution in [1.29, 1.82) is 0 Å². The summed E-state index contributed by atoms with van der Waals surface area (Å²) in [6.07, 6.45) is 5.54. The molecule has 0 aromatic carbocycles. The van der Waals surface area contributed by atoms with E-state index in [0.29, 0.717) is 24.3 Å². The summed E-state index contributed by atoms with van der Waals surface area (Å²) in [6.45, 7) is 8.26. The summed E-state index contributed by atoms with van der Waals surface area (Å²) < 4.78 is 0. The first kappa shape index (κ1) is 15.5. The van der Waals surface area contributed by atoms with Gasteiger partial charge in [-0.25, -0.2) is 0 Å². The van der Waals surface area contributed by atoms with Crippen LogP contribution in [0.25, 0.3) is 0 Å². The molecule has 106 valence electrons. The number of rotatable bonds is 6. The average molecular weight is 254 g/mol. The van der Waals surface area contributed by atoms with Crippen LogP contribution in [0, 0.1) is 23.7 Å². The van der Waals surface area contributed by atoms with Crippen molar-refractivity contribution in [2.75, 3.05) is 13.1 Å². The van der Waals surface area contributed by atoms with Crippen LogP contribution in [0.2, 0.25) is 0 Å². The van der Waals surface area contributed by atoms with E-state index in [1.807, 2.05) is 0 Å². The predicted molar refractivity (Wildman–Crippen MR) is 76.1 cm³/mol. The second-order valence-corrected chi connectivity index (χ2v) is 6.22. The monoisotopic (exact) mass is 254 g/mol. The summed E-state index contributed by atoms with van der Waals surface area (Å²) in [5, 5.41) is 3.10. The lowest BCUT2D eigenvalue weighted by Gasteiger charge is -2.36. The second-order valence-electron chi connectivity index (χ2n) is 6.22. The van der Waals surface area contributed by atoms with E-state index in [2.05, 4.69) is 26.1 Å². The SMILES string of the molecule is CC(C)[C@@H]1CC[C@@H](C)C[C@H]1C(=O)NCCCCN. The van der Waals surface area contributed by atoms with E-state index in [1.54, 1.807) is 0 Å². The van der Waals surface area contributed by atoms with Crippen molar-refractivity contribution in [1.82, 2.24) is 5.32 Å². The lowest BCUT2D eigenvalue weighted by atomic mass is 9.70. The zero-order valence-corrected chi connectivity index (χ0v) is 12.2. The number of nitrogens with one attached hydrogen (secondary N) is 1. The van der Waals surface area contributed by atoms with Crippen molar-refractivity contribution < 1.29 is 4.79 Å². The first-order valence-corrected chi connectivity index (χ1v) is 7.54. The average Bonchev–Trinajstić information content (AvgIpc) is 2.34. The molecule has 1 amide bonds. The van der Waals surface area contributed by atoms with Crippen LogP contribution in [0.1, 0.15) is 52.9 Å². The minimum Gasteiger partial charge on any atom is -0.356 e. The molecule has 18 heavy (non-hydrogen) atoms. The van der Waals surface area contributed by atoms with Gasteiger partial charge in [-0.1, -0.05) is 27.2 Å². The molecule has 1 fully saturated rings. The fourth-order valence-corrected chi connectivity index (χ4v) is 3.12. The van der Waals surface area contributed by atoms with Crippen LogP contribution in [0.3, 0.4) is 0 Å². The fraction of sp³-hybridized carbons (Fsp3) is 0.933. The van der Waals surface area contributed by atoms with E-state index in [9.17, 15) is 4.79 Å². The molecule has 3 atom stereocenters. The van der Waals surface area contributed by atoms with E-state index < -0.39 is 0 Å². The minimum atomic E-state index is 0.228. The third kappa shape index (κ3) is 4.60. The molecule has 0 spiro atoms. The van der Waals surface area contributed by atoms with Crippen LogP contribution < -0.4 is 11.1 Å². The van der Waals surface area contributed by atoms with Crippen LogP contribution >= 0.6 is 0 Å². The number of carbonyl (C=O) groups excluding carboxylic acids is 1. The van der Waals surface area contributed by atoms with Gasteiger partial charge < -0.3 is 11.1 Å². The van der Waals surface area contributed by atoms with Crippen molar-refractivity contribution >= 4 is 5.91 Å². The predicted octanol–water partition coefficient (Wildman–Crippen LogP) is 2.55. The molecule has 0 radical (unpaired) electrons. The minimum absolute atomic E-state index is 0.228. The largest absolute Gasteiger partial charge is 0.356 e. The molecule has 0 aromatic heterocycles. The lowest BCUT2D eigenvalue weighted by molar-refractivity contribution is -0.129. The molecule has 1 saturated carbocycles. The number of carbonyl (C=O) groups is 1. The Morgan fingerprint density at radius 1 is 1.33 bits per heavy atom. The van der Waals surface area contributed by atoms with Gasteiger partial charge in [0.1, 0.15) is 0 Å². The highest BCUT2D eigenvalue weighted by Gasteiger charge is 2.34. The molecule has 0 aliphatic heterocycles. The summed E-state index contributed by atoms with van der Waals surface area (Å²) >= 11 is 0. The summed E-state index contributed by atoms with van der Waals surface area (Å²) in [6, 6.07) is 0. The number of hydrogen-bond acceptors (Lipinski definition) is 2. The third-order valence-electron chi connectivity index (χ3n) is 4.29. The lowest BCUT2D eigenvalue weighted by Crippen LogP contribution is -2.40. The molecule has 3 nitrogen and oxygen atoms in total. The number of hydrogen-bond donors (Lipinski definition) is 2. The number of amides is 1. The molecule has 0 unspecified atom stereocenters. The van der Waals surface area contributed by atoms with Crippen molar-refractivity contribution in [3.8, 4) is 0 Å². The van der Waals surface area contributed by atoms with Crippen molar-refractivity contribution in [3.05, 3.63) is 0 Å². The van der Waals surface area contributed by atoms with Gasteiger partial charge >= 0.3 is 0 Å². The maximum atomic E-state index is 12.3. The molecule has 0 saturated heterocycles. The van der Waals surface area contributed by atoms with Crippen molar-refractivity contribution in [2.24, 2.45) is 29.4 Å². The van der Waals surface area contributed by atoms with Gasteiger partial charge in [0, 0.05) is 12.5 Å². The zero-order chi connectivity index (χ0) is 13.5. The molecule has 3 heteroatoms. The molecule has 1 aliphatic rings. The second kappa shape index (κ2) is 7.78. The quantitative estimate of drug-likeness (QED) is 0.716. The number of nitrogens with two attached hydrogens (primary N) is 1. The van der Waals surface area contributed by atoms with E-state index in [4.69, 9.17) is 5.73 Å². The molecule has 1 aliphatic carbocycles. The fourth-order valence-electron chi connectivity index (χ4n) is 3.12. The first-order chi connectivity index (χ1) is 8.56. The number of unbranched alkanes of at least 4 members (excludes halogenated alkanes) is 1. The van der Waals surface area contributed by atoms with Crippen LogP contribution in [0.5, 0.6) is 0 Å². The first-order valence-electron chi connectivity index (χ1n) is 7.54. The third-order valence-corrected chi connectivity index (χ3v) is 4.29. The Morgan fingerprint density at radius 3 is 2.67 bits per heavy atom. The van der Waals surface area contributed by atoms with Gasteiger partial charge in [-0.3, -0.25) is 4.79 Å². The molecule has 0 bridgehead atoms. The van der Waals surface area contributed by atoms with Gasteiger partial charge in [0.2, 0.25) is 5.91 Å². The standard InChI is InChI=1S/C15H30N2O/c1-11(2)13-7-6-12(3)10-14(13)15(18)17-9-5-4-8-16/h11-14H,4-10,16H2,1-3H3,(H,17,18)/t12-,13+,14-/m1/s1. The van der Waals surface area contributed by atoms with Gasteiger partial charge in [-0.2, -0.15) is 0 Å². The highest BCUT2D eigenvalue weighted by atomic mass is 16.1.